The van der Waals surface area contributed by atoms with Crippen LogP contribution in [0.1, 0.15) is 21.5 Å². The van der Waals surface area contributed by atoms with E-state index in [1.807, 2.05) is 44.6 Å². The maximum absolute atomic E-state index is 12.1. The molecule has 1 aromatic carbocycles. The second kappa shape index (κ2) is 6.02. The van der Waals surface area contributed by atoms with Gasteiger partial charge in [0, 0.05) is 29.8 Å². The summed E-state index contributed by atoms with van der Waals surface area (Å²) < 4.78 is 2.71. The molecule has 1 aromatic heterocycles. The summed E-state index contributed by atoms with van der Waals surface area (Å²) >= 11 is 3.43. The van der Waals surface area contributed by atoms with Gasteiger partial charge in [0.15, 0.2) is 0 Å². The zero-order chi connectivity index (χ0) is 13.8. The van der Waals surface area contributed by atoms with Crippen LogP contribution in [0.5, 0.6) is 0 Å². The molecule has 2 rings (SSSR count). The van der Waals surface area contributed by atoms with E-state index in [4.69, 9.17) is 0 Å². The van der Waals surface area contributed by atoms with Crippen molar-refractivity contribution in [2.75, 3.05) is 6.54 Å². The Morgan fingerprint density at radius 1 is 1.47 bits per heavy atom. The van der Waals surface area contributed by atoms with E-state index in [0.717, 1.165) is 22.0 Å². The number of halogens is 1. The number of hydrogen-bond donors (Lipinski definition) is 1. The third kappa shape index (κ3) is 3.44. The number of nitrogens with zero attached hydrogens (tertiary/aromatic N) is 2. The molecule has 0 aliphatic heterocycles. The minimum atomic E-state index is -0.0392. The van der Waals surface area contributed by atoms with Crippen molar-refractivity contribution in [1.82, 2.24) is 15.1 Å². The molecule has 0 atom stereocenters. The Labute approximate surface area is 120 Å². The van der Waals surface area contributed by atoms with E-state index in [1.54, 1.807) is 4.68 Å². The van der Waals surface area contributed by atoms with Crippen LogP contribution in [-0.4, -0.2) is 22.2 Å². The first-order chi connectivity index (χ1) is 9.08. The number of carbonyl (C=O) groups is 1. The van der Waals surface area contributed by atoms with E-state index < -0.39 is 0 Å². The molecule has 19 heavy (non-hydrogen) atoms. The van der Waals surface area contributed by atoms with Gasteiger partial charge in [0.1, 0.15) is 0 Å². The van der Waals surface area contributed by atoms with Crippen LogP contribution < -0.4 is 5.32 Å². The predicted molar refractivity (Wildman–Crippen MR) is 78.1 cm³/mol. The van der Waals surface area contributed by atoms with Gasteiger partial charge in [0.05, 0.1) is 6.20 Å². The Balaban J connectivity index is 1.93. The van der Waals surface area contributed by atoms with Crippen LogP contribution in [0.2, 0.25) is 0 Å². The van der Waals surface area contributed by atoms with Crippen molar-refractivity contribution in [2.45, 2.75) is 13.3 Å². The molecular weight excluding hydrogens is 306 g/mol. The fourth-order valence-corrected chi connectivity index (χ4v) is 2.24. The molecule has 0 bridgehead atoms. The molecule has 0 unspecified atom stereocenters. The van der Waals surface area contributed by atoms with Crippen LogP contribution in [0.25, 0.3) is 0 Å². The number of carbonyl (C=O) groups excluding carboxylic acids is 1. The fourth-order valence-electron chi connectivity index (χ4n) is 1.87. The van der Waals surface area contributed by atoms with Crippen LogP contribution in [0, 0.1) is 6.92 Å². The quantitative estimate of drug-likeness (QED) is 0.940. The van der Waals surface area contributed by atoms with Crippen molar-refractivity contribution in [2.24, 2.45) is 7.05 Å². The fraction of sp³-hybridized carbons (Fsp3) is 0.286. The maximum atomic E-state index is 12.1. The SMILES string of the molecule is Cc1c(Br)cccc1C(=O)NCCc1cnn(C)c1. The lowest BCUT2D eigenvalue weighted by Gasteiger charge is -2.08. The molecule has 2 aromatic rings. The molecule has 0 aliphatic rings. The third-order valence-electron chi connectivity index (χ3n) is 2.97. The Morgan fingerprint density at radius 2 is 2.26 bits per heavy atom. The van der Waals surface area contributed by atoms with E-state index in [9.17, 15) is 4.79 Å². The van der Waals surface area contributed by atoms with Gasteiger partial charge >= 0.3 is 0 Å². The smallest absolute Gasteiger partial charge is 0.251 e. The Bertz CT molecular complexity index is 592. The first kappa shape index (κ1) is 13.8. The van der Waals surface area contributed by atoms with E-state index in [1.165, 1.54) is 0 Å². The van der Waals surface area contributed by atoms with E-state index >= 15 is 0 Å². The highest BCUT2D eigenvalue weighted by Gasteiger charge is 2.10. The van der Waals surface area contributed by atoms with Gasteiger partial charge in [-0.25, -0.2) is 0 Å². The largest absolute Gasteiger partial charge is 0.352 e. The summed E-state index contributed by atoms with van der Waals surface area (Å²) in [5, 5.41) is 7.02. The van der Waals surface area contributed by atoms with Gasteiger partial charge in [0.25, 0.3) is 5.91 Å². The van der Waals surface area contributed by atoms with Crippen LogP contribution in [0.4, 0.5) is 0 Å². The van der Waals surface area contributed by atoms with Crippen LogP contribution >= 0.6 is 15.9 Å². The molecule has 0 fully saturated rings. The van der Waals surface area contributed by atoms with E-state index in [2.05, 4.69) is 26.3 Å². The maximum Gasteiger partial charge on any atom is 0.251 e. The summed E-state index contributed by atoms with van der Waals surface area (Å²) in [5.41, 5.74) is 2.79. The van der Waals surface area contributed by atoms with Crippen molar-refractivity contribution in [1.29, 1.82) is 0 Å². The van der Waals surface area contributed by atoms with Crippen molar-refractivity contribution in [3.8, 4) is 0 Å². The number of rotatable bonds is 4. The van der Waals surface area contributed by atoms with Gasteiger partial charge in [-0.2, -0.15) is 5.10 Å². The number of aromatic nitrogens is 2. The minimum absolute atomic E-state index is 0.0392. The standard InChI is InChI=1S/C14H16BrN3O/c1-10-12(4-3-5-13(10)15)14(19)16-7-6-11-8-17-18(2)9-11/h3-5,8-9H,6-7H2,1-2H3,(H,16,19). The zero-order valence-electron chi connectivity index (χ0n) is 11.0. The molecule has 100 valence electrons. The third-order valence-corrected chi connectivity index (χ3v) is 3.83. The summed E-state index contributed by atoms with van der Waals surface area (Å²) in [4.78, 5) is 12.1. The minimum Gasteiger partial charge on any atom is -0.352 e. The zero-order valence-corrected chi connectivity index (χ0v) is 12.6. The van der Waals surface area contributed by atoms with Crippen molar-refractivity contribution < 1.29 is 4.79 Å². The molecule has 0 spiro atoms. The summed E-state index contributed by atoms with van der Waals surface area (Å²) in [7, 11) is 1.88. The Kier molecular flexibility index (Phi) is 4.37. The monoisotopic (exact) mass is 321 g/mol. The molecule has 1 N–H and O–H groups in total. The number of amides is 1. The van der Waals surface area contributed by atoms with Crippen molar-refractivity contribution in [3.63, 3.8) is 0 Å². The average molecular weight is 322 g/mol. The molecule has 4 nitrogen and oxygen atoms in total. The molecule has 5 heteroatoms. The molecular formula is C14H16BrN3O. The van der Waals surface area contributed by atoms with Gasteiger partial charge in [-0.05, 0) is 36.6 Å². The van der Waals surface area contributed by atoms with Gasteiger partial charge in [-0.3, -0.25) is 9.48 Å². The lowest BCUT2D eigenvalue weighted by atomic mass is 10.1. The number of benzene rings is 1. The Morgan fingerprint density at radius 3 is 2.95 bits per heavy atom. The van der Waals surface area contributed by atoms with Crippen LogP contribution in [-0.2, 0) is 13.5 Å². The van der Waals surface area contributed by atoms with E-state index in [-0.39, 0.29) is 5.91 Å². The topological polar surface area (TPSA) is 46.9 Å². The molecule has 0 aliphatic carbocycles. The molecule has 0 radical (unpaired) electrons. The summed E-state index contributed by atoms with van der Waals surface area (Å²) in [5.74, 6) is -0.0392. The van der Waals surface area contributed by atoms with Gasteiger partial charge in [-0.15, -0.1) is 0 Å². The van der Waals surface area contributed by atoms with Gasteiger partial charge in [-0.1, -0.05) is 22.0 Å². The molecule has 0 saturated heterocycles. The molecule has 1 amide bonds. The lowest BCUT2D eigenvalue weighted by molar-refractivity contribution is 0.0953. The highest BCUT2D eigenvalue weighted by molar-refractivity contribution is 9.10. The number of nitrogens with one attached hydrogen (secondary N) is 1. The highest BCUT2D eigenvalue weighted by atomic mass is 79.9. The van der Waals surface area contributed by atoms with E-state index in [0.29, 0.717) is 12.1 Å². The number of aryl methyl sites for hydroxylation is 1. The normalized spacial score (nSPS) is 10.5. The number of hydrogen-bond acceptors (Lipinski definition) is 2. The predicted octanol–water partition coefficient (Wildman–Crippen LogP) is 2.46. The summed E-state index contributed by atoms with van der Waals surface area (Å²) in [6.07, 6.45) is 4.56. The second-order valence-corrected chi connectivity index (χ2v) is 5.29. The highest BCUT2D eigenvalue weighted by Crippen LogP contribution is 2.19. The Hall–Kier alpha value is -1.62. The molecule has 0 saturated carbocycles. The lowest BCUT2D eigenvalue weighted by Crippen LogP contribution is -2.26. The first-order valence-corrected chi connectivity index (χ1v) is 6.88. The molecule has 1 heterocycles. The van der Waals surface area contributed by atoms with Crippen molar-refractivity contribution >= 4 is 21.8 Å². The summed E-state index contributed by atoms with van der Waals surface area (Å²) in [6, 6.07) is 5.63. The van der Waals surface area contributed by atoms with Gasteiger partial charge < -0.3 is 5.32 Å². The van der Waals surface area contributed by atoms with Gasteiger partial charge in [0.2, 0.25) is 0 Å². The van der Waals surface area contributed by atoms with Crippen molar-refractivity contribution in [3.05, 3.63) is 51.8 Å². The second-order valence-electron chi connectivity index (χ2n) is 4.44. The van der Waals surface area contributed by atoms with Crippen LogP contribution in [0.3, 0.4) is 0 Å². The average Bonchev–Trinajstić information content (AvgIpc) is 2.78. The summed E-state index contributed by atoms with van der Waals surface area (Å²) in [6.45, 7) is 2.54. The van der Waals surface area contributed by atoms with Crippen LogP contribution in [0.15, 0.2) is 35.1 Å². The first-order valence-electron chi connectivity index (χ1n) is 6.09.